The molecule has 6 N–H and O–H groups in total. The lowest BCUT2D eigenvalue weighted by molar-refractivity contribution is -0.138. The molecule has 0 spiro atoms. The van der Waals surface area contributed by atoms with Crippen LogP contribution in [0.5, 0.6) is 5.75 Å². The number of nitrogens with zero attached hydrogens (tertiary/aromatic N) is 2. The molecule has 5 atom stereocenters. The van der Waals surface area contributed by atoms with Gasteiger partial charge >= 0.3 is 0 Å². The number of ether oxygens (including phenoxy) is 1. The first-order valence-electron chi connectivity index (χ1n) is 16.9. The molecule has 1 heterocycles. The summed E-state index contributed by atoms with van der Waals surface area (Å²) in [6, 6.07) is 16.4. The van der Waals surface area contributed by atoms with Gasteiger partial charge in [-0.25, -0.2) is 0 Å². The van der Waals surface area contributed by atoms with Crippen molar-refractivity contribution in [2.75, 3.05) is 19.7 Å². The molecule has 0 radical (unpaired) electrons. The summed E-state index contributed by atoms with van der Waals surface area (Å²) in [5.41, 5.74) is 5.28. The van der Waals surface area contributed by atoms with E-state index in [2.05, 4.69) is 35.4 Å². The summed E-state index contributed by atoms with van der Waals surface area (Å²) < 4.78 is 6.25. The highest BCUT2D eigenvalue weighted by Gasteiger charge is 2.46. The summed E-state index contributed by atoms with van der Waals surface area (Å²) in [4.78, 5) is 18.2. The molecule has 0 saturated heterocycles. The van der Waals surface area contributed by atoms with Gasteiger partial charge in [-0.3, -0.25) is 9.78 Å². The fraction of sp³-hybridized carbons (Fsp3) is 0.514. The first kappa shape index (κ1) is 36.2. The van der Waals surface area contributed by atoms with Gasteiger partial charge in [-0.1, -0.05) is 48.9 Å². The van der Waals surface area contributed by atoms with Crippen LogP contribution in [0, 0.1) is 0 Å². The summed E-state index contributed by atoms with van der Waals surface area (Å²) in [5.74, 6) is 0.787. The highest BCUT2D eigenvalue weighted by atomic mass is 35.5. The van der Waals surface area contributed by atoms with Crippen LogP contribution in [0.3, 0.4) is 0 Å². The summed E-state index contributed by atoms with van der Waals surface area (Å²) >= 11 is 6.70. The molecule has 2 aliphatic carbocycles. The minimum Gasteiger partial charge on any atom is -0.490 e. The van der Waals surface area contributed by atoms with Crippen molar-refractivity contribution in [3.8, 4) is 16.9 Å². The zero-order valence-electron chi connectivity index (χ0n) is 27.6. The molecule has 10 nitrogen and oxygen atoms in total. The summed E-state index contributed by atoms with van der Waals surface area (Å²) in [6.45, 7) is 3.45. The Bertz CT molecular complexity index is 1530. The third kappa shape index (κ3) is 8.92. The lowest BCUT2D eigenvalue weighted by Crippen LogP contribution is -2.50. The average molecular weight is 682 g/mol. The maximum Gasteiger partial charge on any atom is 0.219 e. The van der Waals surface area contributed by atoms with E-state index in [4.69, 9.17) is 21.4 Å². The van der Waals surface area contributed by atoms with Crippen LogP contribution in [0.4, 0.5) is 0 Å². The Morgan fingerprint density at radius 2 is 1.79 bits per heavy atom. The predicted octanol–water partition coefficient (Wildman–Crippen LogP) is 3.89. The number of carbonyl (C=O) groups excluding carboxylic acids is 1. The van der Waals surface area contributed by atoms with E-state index in [1.807, 2.05) is 42.7 Å². The van der Waals surface area contributed by atoms with E-state index in [1.165, 1.54) is 11.8 Å². The third-order valence-corrected chi connectivity index (χ3v) is 9.95. The van der Waals surface area contributed by atoms with Gasteiger partial charge in [-0.05, 0) is 84.9 Å². The Morgan fingerprint density at radius 3 is 2.48 bits per heavy atom. The molecule has 0 bridgehead atoms. The highest BCUT2D eigenvalue weighted by molar-refractivity contribution is 6.31. The number of aromatic nitrogens is 1. The van der Waals surface area contributed by atoms with Gasteiger partial charge in [0.25, 0.3) is 0 Å². The topological polar surface area (TPSA) is 156 Å². The zero-order valence-corrected chi connectivity index (χ0v) is 28.4. The summed E-state index contributed by atoms with van der Waals surface area (Å²) in [7, 11) is 0. The molecule has 2 saturated carbocycles. The molecule has 11 heteroatoms. The van der Waals surface area contributed by atoms with Crippen LogP contribution in [0.1, 0.15) is 75.0 Å². The number of nitrogens with one attached hydrogen (secondary N) is 1. The van der Waals surface area contributed by atoms with E-state index in [1.54, 1.807) is 0 Å². The Hall–Kier alpha value is -3.09. The number of hydrogen-bond acceptors (Lipinski definition) is 9. The number of benzene rings is 2. The third-order valence-electron chi connectivity index (χ3n) is 9.58. The van der Waals surface area contributed by atoms with Crippen molar-refractivity contribution in [3.05, 3.63) is 82.6 Å². The van der Waals surface area contributed by atoms with Gasteiger partial charge in [-0.2, -0.15) is 0 Å². The molecule has 2 aromatic carbocycles. The first-order chi connectivity index (χ1) is 23.0. The van der Waals surface area contributed by atoms with Crippen LogP contribution < -0.4 is 10.1 Å². The molecular weight excluding hydrogens is 634 g/mol. The van der Waals surface area contributed by atoms with Gasteiger partial charge in [0.15, 0.2) is 0 Å². The second kappa shape index (κ2) is 16.1. The predicted molar refractivity (Wildman–Crippen MR) is 184 cm³/mol. The van der Waals surface area contributed by atoms with Crippen LogP contribution in [0.2, 0.25) is 5.02 Å². The van der Waals surface area contributed by atoms with Crippen molar-refractivity contribution in [1.82, 2.24) is 15.2 Å². The zero-order chi connectivity index (χ0) is 34.4. The molecule has 260 valence electrons. The van der Waals surface area contributed by atoms with Crippen LogP contribution >= 0.6 is 11.6 Å². The van der Waals surface area contributed by atoms with Crippen molar-refractivity contribution in [2.24, 2.45) is 0 Å². The largest absolute Gasteiger partial charge is 0.490 e. The SMILES string of the molecule is CC(=O)N(CCCC(C)c1ccc(Cl)c(CNC2(c3cnccc3-c3ccccc3OC3CC3)CC2)c1)C[C@H](O)[C@@H](O)[C@H](O)[C@H](O)CO. The van der Waals surface area contributed by atoms with E-state index >= 15 is 0 Å². The maximum atomic E-state index is 12.3. The number of amides is 1. The minimum absolute atomic E-state index is 0.162. The number of aliphatic hydroxyl groups excluding tert-OH is 5. The molecule has 0 aliphatic heterocycles. The van der Waals surface area contributed by atoms with E-state index in [0.29, 0.717) is 30.6 Å². The van der Waals surface area contributed by atoms with Crippen LogP contribution in [0.25, 0.3) is 11.1 Å². The lowest BCUT2D eigenvalue weighted by atomic mass is 9.93. The highest BCUT2D eigenvalue weighted by Crippen LogP contribution is 2.50. The number of hydrogen-bond donors (Lipinski definition) is 6. The van der Waals surface area contributed by atoms with Gasteiger partial charge in [0, 0.05) is 55.1 Å². The standard InChI is InChI=1S/C37H48ClN3O7/c1-23(6-5-17-41(24(2)43)21-32(44)35(46)36(47)33(45)22-42)25-9-12-31(38)26(18-25)19-40-37(14-15-37)30-20-39-16-13-28(30)29-7-3-4-8-34(29)48-27-10-11-27/h3-4,7-9,12-13,16,18,20,23,27,32-33,35-36,40,42,44-47H,5-6,10-11,14-15,17,19,21-22H2,1-2H3/t23?,32-,33+,35+,36+/m0/s1. The van der Waals surface area contributed by atoms with Gasteiger partial charge in [0.05, 0.1) is 12.7 Å². The lowest BCUT2D eigenvalue weighted by Gasteiger charge is -2.30. The minimum atomic E-state index is -1.74. The normalized spacial score (nSPS) is 18.4. The Morgan fingerprint density at radius 1 is 1.06 bits per heavy atom. The van der Waals surface area contributed by atoms with Crippen LogP contribution in [-0.2, 0) is 16.9 Å². The fourth-order valence-electron chi connectivity index (χ4n) is 6.16. The first-order valence-corrected chi connectivity index (χ1v) is 17.2. The van der Waals surface area contributed by atoms with Gasteiger partial charge in [0.2, 0.25) is 5.91 Å². The number of para-hydroxylation sites is 1. The second-order valence-electron chi connectivity index (χ2n) is 13.3. The van der Waals surface area contributed by atoms with E-state index < -0.39 is 31.0 Å². The molecule has 1 unspecified atom stereocenters. The van der Waals surface area contributed by atoms with Crippen molar-refractivity contribution in [2.45, 2.75) is 101 Å². The van der Waals surface area contributed by atoms with Crippen molar-refractivity contribution in [3.63, 3.8) is 0 Å². The van der Waals surface area contributed by atoms with Gasteiger partial charge in [0.1, 0.15) is 30.2 Å². The Kier molecular flexibility index (Phi) is 12.1. The Labute approximate surface area is 287 Å². The molecule has 1 aromatic heterocycles. The fourth-order valence-corrected chi connectivity index (χ4v) is 6.35. The van der Waals surface area contributed by atoms with Crippen LogP contribution in [-0.4, -0.2) is 91.5 Å². The summed E-state index contributed by atoms with van der Waals surface area (Å²) in [5, 5.41) is 53.6. The second-order valence-corrected chi connectivity index (χ2v) is 13.7. The van der Waals surface area contributed by atoms with Gasteiger partial charge < -0.3 is 40.5 Å². The van der Waals surface area contributed by atoms with Crippen LogP contribution in [0.15, 0.2) is 60.9 Å². The number of carbonyl (C=O) groups is 1. The van der Waals surface area contributed by atoms with E-state index in [-0.39, 0.29) is 23.9 Å². The molecule has 5 rings (SSSR count). The van der Waals surface area contributed by atoms with E-state index in [0.717, 1.165) is 65.7 Å². The van der Waals surface area contributed by atoms with E-state index in [9.17, 15) is 25.2 Å². The molecule has 1 amide bonds. The molecule has 48 heavy (non-hydrogen) atoms. The average Bonchev–Trinajstić information content (AvgIpc) is 4.04. The molecule has 2 aliphatic rings. The monoisotopic (exact) mass is 681 g/mol. The molecular formula is C37H48ClN3O7. The number of rotatable bonds is 18. The van der Waals surface area contributed by atoms with Crippen molar-refractivity contribution in [1.29, 1.82) is 0 Å². The smallest absolute Gasteiger partial charge is 0.219 e. The van der Waals surface area contributed by atoms with Crippen molar-refractivity contribution >= 4 is 17.5 Å². The van der Waals surface area contributed by atoms with Crippen molar-refractivity contribution < 1.29 is 35.1 Å². The number of pyridine rings is 1. The molecule has 2 fully saturated rings. The number of halogens is 1. The molecule has 3 aromatic rings. The van der Waals surface area contributed by atoms with Gasteiger partial charge in [-0.15, -0.1) is 0 Å². The Balaban J connectivity index is 1.20. The number of aliphatic hydroxyl groups is 5. The maximum absolute atomic E-state index is 12.3. The summed E-state index contributed by atoms with van der Waals surface area (Å²) in [6.07, 6.45) is 3.13. The quantitative estimate of drug-likeness (QED) is 0.117.